The van der Waals surface area contributed by atoms with Gasteiger partial charge in [-0.25, -0.2) is 0 Å². The van der Waals surface area contributed by atoms with E-state index >= 15 is 0 Å². The Bertz CT molecular complexity index is 73.5. The lowest BCUT2D eigenvalue weighted by atomic mass is 10.3. The van der Waals surface area contributed by atoms with Crippen LogP contribution in [0.1, 0.15) is 12.8 Å². The molecule has 2 N–H and O–H groups in total. The first-order valence-corrected chi connectivity index (χ1v) is 4.38. The SMILES string of the molecule is NCOCC1CCCS1. The fourth-order valence-corrected chi connectivity index (χ4v) is 2.17. The van der Waals surface area contributed by atoms with Gasteiger partial charge in [0.1, 0.15) is 0 Å². The van der Waals surface area contributed by atoms with Gasteiger partial charge < -0.3 is 10.5 Å². The Morgan fingerprint density at radius 2 is 2.56 bits per heavy atom. The van der Waals surface area contributed by atoms with Gasteiger partial charge in [0, 0.05) is 5.25 Å². The molecule has 1 aliphatic heterocycles. The molecule has 0 aromatic heterocycles. The lowest BCUT2D eigenvalue weighted by molar-refractivity contribution is 0.141. The van der Waals surface area contributed by atoms with Gasteiger partial charge in [0.05, 0.1) is 13.3 Å². The Kier molecular flexibility index (Phi) is 3.40. The van der Waals surface area contributed by atoms with Gasteiger partial charge in [0.25, 0.3) is 0 Å². The van der Waals surface area contributed by atoms with E-state index in [1.165, 1.54) is 18.6 Å². The molecule has 1 fully saturated rings. The predicted molar refractivity (Wildman–Crippen MR) is 40.5 cm³/mol. The van der Waals surface area contributed by atoms with E-state index in [0.717, 1.165) is 11.9 Å². The molecular weight excluding hydrogens is 134 g/mol. The Balaban J connectivity index is 1.98. The maximum Gasteiger partial charge on any atom is 0.0940 e. The molecule has 9 heavy (non-hydrogen) atoms. The first kappa shape index (κ1) is 7.38. The quantitative estimate of drug-likeness (QED) is 0.600. The van der Waals surface area contributed by atoms with Gasteiger partial charge in [0.15, 0.2) is 0 Å². The monoisotopic (exact) mass is 147 g/mol. The maximum absolute atomic E-state index is 5.18. The van der Waals surface area contributed by atoms with E-state index < -0.39 is 0 Å². The molecule has 0 aromatic carbocycles. The summed E-state index contributed by atoms with van der Waals surface area (Å²) in [6.07, 6.45) is 2.66. The molecule has 0 radical (unpaired) electrons. The fourth-order valence-electron chi connectivity index (χ4n) is 0.975. The second kappa shape index (κ2) is 4.14. The lowest BCUT2D eigenvalue weighted by Crippen LogP contribution is -2.13. The molecule has 0 saturated carbocycles. The van der Waals surface area contributed by atoms with Crippen LogP contribution in [0.4, 0.5) is 0 Å². The standard InChI is InChI=1S/C6H13NOS/c7-5-8-4-6-2-1-3-9-6/h6H,1-5,7H2. The van der Waals surface area contributed by atoms with Gasteiger partial charge >= 0.3 is 0 Å². The molecule has 1 heterocycles. The molecule has 1 atom stereocenters. The van der Waals surface area contributed by atoms with Crippen molar-refractivity contribution in [1.29, 1.82) is 0 Å². The van der Waals surface area contributed by atoms with Crippen LogP contribution in [0.5, 0.6) is 0 Å². The minimum atomic E-state index is 0.372. The Morgan fingerprint density at radius 3 is 3.11 bits per heavy atom. The third-order valence-electron chi connectivity index (χ3n) is 1.45. The first-order chi connectivity index (χ1) is 4.43. The van der Waals surface area contributed by atoms with Crippen LogP contribution in [0.15, 0.2) is 0 Å². The Labute approximate surface area is 60.1 Å². The van der Waals surface area contributed by atoms with Gasteiger partial charge in [0.2, 0.25) is 0 Å². The van der Waals surface area contributed by atoms with E-state index in [2.05, 4.69) is 0 Å². The minimum absolute atomic E-state index is 0.372. The van der Waals surface area contributed by atoms with Crippen molar-refractivity contribution < 1.29 is 4.74 Å². The van der Waals surface area contributed by atoms with Crippen LogP contribution in [0.3, 0.4) is 0 Å². The molecule has 1 rings (SSSR count). The highest BCUT2D eigenvalue weighted by Crippen LogP contribution is 2.25. The zero-order chi connectivity index (χ0) is 6.53. The summed E-state index contributed by atoms with van der Waals surface area (Å²) < 4.78 is 5.07. The van der Waals surface area contributed by atoms with Crippen molar-refractivity contribution in [3.05, 3.63) is 0 Å². The zero-order valence-corrected chi connectivity index (χ0v) is 6.32. The van der Waals surface area contributed by atoms with Gasteiger partial charge in [-0.3, -0.25) is 0 Å². The van der Waals surface area contributed by atoms with Crippen LogP contribution in [0, 0.1) is 0 Å². The van der Waals surface area contributed by atoms with Crippen molar-refractivity contribution in [3.8, 4) is 0 Å². The van der Waals surface area contributed by atoms with Gasteiger partial charge in [-0.05, 0) is 18.6 Å². The predicted octanol–water partition coefficient (Wildman–Crippen LogP) is 0.815. The van der Waals surface area contributed by atoms with Gasteiger partial charge in [-0.1, -0.05) is 0 Å². The number of thioether (sulfide) groups is 1. The van der Waals surface area contributed by atoms with Crippen molar-refractivity contribution in [2.45, 2.75) is 18.1 Å². The van der Waals surface area contributed by atoms with E-state index in [1.54, 1.807) is 0 Å². The third kappa shape index (κ3) is 2.56. The Morgan fingerprint density at radius 1 is 1.67 bits per heavy atom. The molecule has 2 nitrogen and oxygen atoms in total. The minimum Gasteiger partial charge on any atom is -0.365 e. The highest BCUT2D eigenvalue weighted by Gasteiger charge is 2.14. The summed E-state index contributed by atoms with van der Waals surface area (Å²) in [4.78, 5) is 0. The lowest BCUT2D eigenvalue weighted by Gasteiger charge is -2.06. The summed E-state index contributed by atoms with van der Waals surface area (Å²) >= 11 is 2.00. The number of nitrogens with two attached hydrogens (primary N) is 1. The summed E-state index contributed by atoms with van der Waals surface area (Å²) in [6.45, 7) is 1.22. The van der Waals surface area contributed by atoms with Gasteiger partial charge in [-0.15, -0.1) is 0 Å². The highest BCUT2D eigenvalue weighted by atomic mass is 32.2. The van der Waals surface area contributed by atoms with E-state index in [4.69, 9.17) is 10.5 Å². The van der Waals surface area contributed by atoms with Crippen LogP contribution in [-0.4, -0.2) is 24.3 Å². The Hall–Kier alpha value is 0.270. The van der Waals surface area contributed by atoms with Crippen molar-refractivity contribution in [2.24, 2.45) is 5.73 Å². The summed E-state index contributed by atoms with van der Waals surface area (Å²) in [6, 6.07) is 0. The molecule has 0 aromatic rings. The van der Waals surface area contributed by atoms with Crippen LogP contribution in [-0.2, 0) is 4.74 Å². The van der Waals surface area contributed by atoms with Crippen molar-refractivity contribution in [1.82, 2.24) is 0 Å². The second-order valence-electron chi connectivity index (χ2n) is 2.17. The van der Waals surface area contributed by atoms with Crippen LogP contribution in [0.2, 0.25) is 0 Å². The summed E-state index contributed by atoms with van der Waals surface area (Å²) in [5.41, 5.74) is 5.18. The molecule has 1 saturated heterocycles. The van der Waals surface area contributed by atoms with E-state index in [9.17, 15) is 0 Å². The number of ether oxygens (including phenoxy) is 1. The number of hydrogen-bond acceptors (Lipinski definition) is 3. The summed E-state index contributed by atoms with van der Waals surface area (Å²) in [7, 11) is 0. The summed E-state index contributed by atoms with van der Waals surface area (Å²) in [5, 5.41) is 0.730. The smallest absolute Gasteiger partial charge is 0.0940 e. The van der Waals surface area contributed by atoms with Crippen LogP contribution >= 0.6 is 11.8 Å². The summed E-state index contributed by atoms with van der Waals surface area (Å²) in [5.74, 6) is 1.30. The molecule has 0 amide bonds. The molecule has 54 valence electrons. The van der Waals surface area contributed by atoms with Crippen LogP contribution in [0.25, 0.3) is 0 Å². The van der Waals surface area contributed by atoms with Crippen molar-refractivity contribution >= 4 is 11.8 Å². The average Bonchev–Trinajstić information content (AvgIpc) is 2.34. The molecule has 0 aliphatic carbocycles. The second-order valence-corrected chi connectivity index (χ2v) is 3.58. The highest BCUT2D eigenvalue weighted by molar-refractivity contribution is 8.00. The topological polar surface area (TPSA) is 35.2 Å². The van der Waals surface area contributed by atoms with E-state index in [-0.39, 0.29) is 0 Å². The largest absolute Gasteiger partial charge is 0.365 e. The normalized spacial score (nSPS) is 27.0. The van der Waals surface area contributed by atoms with Crippen molar-refractivity contribution in [2.75, 3.05) is 19.1 Å². The molecule has 1 unspecified atom stereocenters. The maximum atomic E-state index is 5.18. The molecular formula is C6H13NOS. The van der Waals surface area contributed by atoms with E-state index in [1.807, 2.05) is 11.8 Å². The van der Waals surface area contributed by atoms with Gasteiger partial charge in [-0.2, -0.15) is 11.8 Å². The molecule has 0 bridgehead atoms. The number of hydrogen-bond donors (Lipinski definition) is 1. The third-order valence-corrected chi connectivity index (χ3v) is 2.81. The first-order valence-electron chi connectivity index (χ1n) is 3.33. The van der Waals surface area contributed by atoms with Crippen LogP contribution < -0.4 is 5.73 Å². The molecule has 0 spiro atoms. The molecule has 1 aliphatic rings. The zero-order valence-electron chi connectivity index (χ0n) is 5.51. The average molecular weight is 147 g/mol. The number of rotatable bonds is 3. The molecule has 3 heteroatoms. The van der Waals surface area contributed by atoms with Crippen molar-refractivity contribution in [3.63, 3.8) is 0 Å². The fraction of sp³-hybridized carbons (Fsp3) is 1.00. The van der Waals surface area contributed by atoms with E-state index in [0.29, 0.717) is 6.73 Å².